The molecule has 3 aromatic rings. The second-order valence-corrected chi connectivity index (χ2v) is 7.64. The molecule has 0 atom stereocenters. The minimum atomic E-state index is -0.327. The summed E-state index contributed by atoms with van der Waals surface area (Å²) in [4.78, 5) is 18.0. The van der Waals surface area contributed by atoms with E-state index in [0.29, 0.717) is 6.54 Å². The molecule has 3 rings (SSSR count). The van der Waals surface area contributed by atoms with E-state index >= 15 is 0 Å². The van der Waals surface area contributed by atoms with Crippen molar-refractivity contribution in [3.8, 4) is 10.4 Å². The van der Waals surface area contributed by atoms with E-state index in [0.717, 1.165) is 16.6 Å². The minimum absolute atomic E-state index is 0.224. The van der Waals surface area contributed by atoms with Crippen molar-refractivity contribution in [3.63, 3.8) is 0 Å². The van der Waals surface area contributed by atoms with Crippen molar-refractivity contribution < 1.29 is 4.79 Å². The van der Waals surface area contributed by atoms with E-state index in [9.17, 15) is 4.79 Å². The maximum absolute atomic E-state index is 12.3. The molecule has 0 N–H and O–H groups in total. The van der Waals surface area contributed by atoms with Gasteiger partial charge in [-0.2, -0.15) is 0 Å². The highest BCUT2D eigenvalue weighted by atomic mass is 32.1. The molecule has 3 aromatic heterocycles. The first kappa shape index (κ1) is 15.0. The molecule has 0 bridgehead atoms. The first-order valence-corrected chi connectivity index (χ1v) is 8.26. The fourth-order valence-corrected chi connectivity index (χ4v) is 3.19. The van der Waals surface area contributed by atoms with Crippen LogP contribution in [0, 0.1) is 12.3 Å². The third-order valence-corrected chi connectivity index (χ3v) is 4.88. The van der Waals surface area contributed by atoms with Crippen LogP contribution in [0.3, 0.4) is 0 Å². The van der Waals surface area contributed by atoms with Crippen LogP contribution in [-0.4, -0.2) is 15.3 Å². The van der Waals surface area contributed by atoms with Crippen LogP contribution in [0.2, 0.25) is 0 Å². The molecular weight excluding hydrogens is 292 g/mol. The average Bonchev–Trinajstić information content (AvgIpc) is 3.04. The van der Waals surface area contributed by atoms with Crippen LogP contribution in [0.15, 0.2) is 36.0 Å². The number of aryl methyl sites for hydroxylation is 1. The van der Waals surface area contributed by atoms with E-state index in [1.807, 2.05) is 43.8 Å². The minimum Gasteiger partial charge on any atom is -0.339 e. The standard InChI is InChI=1S/C18H20N2OS/c1-12-7-16(22-11-12)13-8-15-14(19-9-13)5-6-20(15)10-17(21)18(2,3)4/h5-9,11H,10H2,1-4H3. The van der Waals surface area contributed by atoms with Gasteiger partial charge >= 0.3 is 0 Å². The van der Waals surface area contributed by atoms with Gasteiger partial charge in [-0.3, -0.25) is 9.78 Å². The highest BCUT2D eigenvalue weighted by molar-refractivity contribution is 7.13. The summed E-state index contributed by atoms with van der Waals surface area (Å²) in [6, 6.07) is 6.26. The Bertz CT molecular complexity index is 836. The van der Waals surface area contributed by atoms with Crippen LogP contribution in [0.25, 0.3) is 21.5 Å². The summed E-state index contributed by atoms with van der Waals surface area (Å²) in [6.07, 6.45) is 3.86. The molecule has 114 valence electrons. The smallest absolute Gasteiger partial charge is 0.157 e. The highest BCUT2D eigenvalue weighted by Gasteiger charge is 2.21. The van der Waals surface area contributed by atoms with Gasteiger partial charge in [0.25, 0.3) is 0 Å². The molecule has 0 aliphatic carbocycles. The third-order valence-electron chi connectivity index (χ3n) is 3.78. The first-order valence-electron chi connectivity index (χ1n) is 7.38. The van der Waals surface area contributed by atoms with Crippen molar-refractivity contribution in [2.45, 2.75) is 34.2 Å². The normalized spacial score (nSPS) is 12.0. The van der Waals surface area contributed by atoms with E-state index in [-0.39, 0.29) is 11.2 Å². The number of rotatable bonds is 3. The van der Waals surface area contributed by atoms with Gasteiger partial charge in [0.05, 0.1) is 17.6 Å². The predicted octanol–water partition coefficient (Wildman–Crippen LogP) is 4.69. The topological polar surface area (TPSA) is 34.9 Å². The zero-order valence-electron chi connectivity index (χ0n) is 13.4. The van der Waals surface area contributed by atoms with Gasteiger partial charge in [-0.05, 0) is 36.1 Å². The van der Waals surface area contributed by atoms with E-state index in [2.05, 4.69) is 29.4 Å². The van der Waals surface area contributed by atoms with Crippen LogP contribution in [0.5, 0.6) is 0 Å². The Morgan fingerprint density at radius 3 is 2.73 bits per heavy atom. The number of carbonyl (C=O) groups is 1. The summed E-state index contributed by atoms with van der Waals surface area (Å²) >= 11 is 1.72. The number of hydrogen-bond acceptors (Lipinski definition) is 3. The van der Waals surface area contributed by atoms with Gasteiger partial charge in [0.15, 0.2) is 5.78 Å². The van der Waals surface area contributed by atoms with Crippen LogP contribution in [0.4, 0.5) is 0 Å². The van der Waals surface area contributed by atoms with Crippen molar-refractivity contribution >= 4 is 28.2 Å². The monoisotopic (exact) mass is 312 g/mol. The fraction of sp³-hybridized carbons (Fsp3) is 0.333. The molecule has 0 saturated heterocycles. The molecular formula is C18H20N2OS. The second-order valence-electron chi connectivity index (χ2n) is 6.73. The lowest BCUT2D eigenvalue weighted by Gasteiger charge is -2.17. The van der Waals surface area contributed by atoms with Gasteiger partial charge in [-0.25, -0.2) is 0 Å². The van der Waals surface area contributed by atoms with E-state index in [4.69, 9.17) is 0 Å². The molecule has 3 nitrogen and oxygen atoms in total. The van der Waals surface area contributed by atoms with Gasteiger partial charge in [0.2, 0.25) is 0 Å². The van der Waals surface area contributed by atoms with E-state index in [1.54, 1.807) is 11.3 Å². The summed E-state index contributed by atoms with van der Waals surface area (Å²) < 4.78 is 2.00. The molecule has 0 unspecified atom stereocenters. The zero-order valence-corrected chi connectivity index (χ0v) is 14.2. The lowest BCUT2D eigenvalue weighted by molar-refractivity contribution is -0.126. The quantitative estimate of drug-likeness (QED) is 0.703. The zero-order chi connectivity index (χ0) is 15.9. The highest BCUT2D eigenvalue weighted by Crippen LogP contribution is 2.29. The molecule has 0 aliphatic rings. The number of nitrogens with zero attached hydrogens (tertiary/aromatic N) is 2. The largest absolute Gasteiger partial charge is 0.339 e. The Morgan fingerprint density at radius 2 is 2.09 bits per heavy atom. The summed E-state index contributed by atoms with van der Waals surface area (Å²) in [7, 11) is 0. The van der Waals surface area contributed by atoms with E-state index in [1.165, 1.54) is 10.4 Å². The lowest BCUT2D eigenvalue weighted by Crippen LogP contribution is -2.24. The number of fused-ring (bicyclic) bond motifs is 1. The second kappa shape index (κ2) is 5.36. The maximum Gasteiger partial charge on any atom is 0.157 e. The Labute approximate surface area is 134 Å². The molecule has 0 aromatic carbocycles. The SMILES string of the molecule is Cc1csc(-c2cnc3ccn(CC(=O)C(C)(C)C)c3c2)c1. The van der Waals surface area contributed by atoms with Gasteiger partial charge < -0.3 is 4.57 Å². The number of carbonyl (C=O) groups excluding carboxylic acids is 1. The Balaban J connectivity index is 2.00. The molecule has 0 aliphatic heterocycles. The number of aromatic nitrogens is 2. The Kier molecular flexibility index (Phi) is 3.65. The van der Waals surface area contributed by atoms with Crippen molar-refractivity contribution in [3.05, 3.63) is 41.5 Å². The van der Waals surface area contributed by atoms with Crippen LogP contribution in [-0.2, 0) is 11.3 Å². The van der Waals surface area contributed by atoms with Crippen molar-refractivity contribution in [2.24, 2.45) is 5.41 Å². The van der Waals surface area contributed by atoms with Gasteiger partial charge in [-0.15, -0.1) is 11.3 Å². The lowest BCUT2D eigenvalue weighted by atomic mass is 9.91. The summed E-state index contributed by atoms with van der Waals surface area (Å²) in [5, 5.41) is 2.14. The van der Waals surface area contributed by atoms with Gasteiger partial charge in [0.1, 0.15) is 0 Å². The number of hydrogen-bond donors (Lipinski definition) is 0. The molecule has 0 amide bonds. The molecule has 3 heterocycles. The average molecular weight is 312 g/mol. The number of pyridine rings is 1. The van der Waals surface area contributed by atoms with Crippen molar-refractivity contribution in [1.29, 1.82) is 0 Å². The van der Waals surface area contributed by atoms with Crippen LogP contribution >= 0.6 is 11.3 Å². The van der Waals surface area contributed by atoms with Gasteiger partial charge in [0, 0.05) is 28.2 Å². The molecule has 4 heteroatoms. The van der Waals surface area contributed by atoms with Crippen molar-refractivity contribution in [1.82, 2.24) is 9.55 Å². The van der Waals surface area contributed by atoms with Crippen LogP contribution in [0.1, 0.15) is 26.3 Å². The number of ketones is 1. The van der Waals surface area contributed by atoms with Gasteiger partial charge in [-0.1, -0.05) is 20.8 Å². The fourth-order valence-electron chi connectivity index (χ4n) is 2.31. The Hall–Kier alpha value is -1.94. The number of thiophene rings is 1. The third kappa shape index (κ3) is 2.83. The summed E-state index contributed by atoms with van der Waals surface area (Å²) in [5.74, 6) is 0.224. The van der Waals surface area contributed by atoms with Crippen molar-refractivity contribution in [2.75, 3.05) is 0 Å². The number of Topliss-reactive ketones (excluding diaryl/α,β-unsaturated/α-hetero) is 1. The summed E-state index contributed by atoms with van der Waals surface area (Å²) in [5.41, 5.74) is 3.99. The first-order chi connectivity index (χ1) is 10.3. The molecule has 0 spiro atoms. The molecule has 0 saturated carbocycles. The summed E-state index contributed by atoms with van der Waals surface area (Å²) in [6.45, 7) is 8.36. The van der Waals surface area contributed by atoms with Crippen LogP contribution < -0.4 is 0 Å². The molecule has 0 radical (unpaired) electrons. The Morgan fingerprint density at radius 1 is 1.32 bits per heavy atom. The van der Waals surface area contributed by atoms with E-state index < -0.39 is 0 Å². The molecule has 22 heavy (non-hydrogen) atoms. The predicted molar refractivity (Wildman–Crippen MR) is 92.2 cm³/mol. The molecule has 0 fully saturated rings. The maximum atomic E-state index is 12.3.